The molecular weight excluding hydrogens is 306 g/mol. The largest absolute Gasteiger partial charge is 0.488 e. The van der Waals surface area contributed by atoms with Crippen LogP contribution < -0.4 is 15.5 Å². The predicted molar refractivity (Wildman–Crippen MR) is 98.7 cm³/mol. The summed E-state index contributed by atoms with van der Waals surface area (Å²) in [5, 5.41) is 7.50. The Labute approximate surface area is 141 Å². The third-order valence-corrected chi connectivity index (χ3v) is 3.17. The van der Waals surface area contributed by atoms with Crippen molar-refractivity contribution >= 4 is 23.5 Å². The summed E-state index contributed by atoms with van der Waals surface area (Å²) in [7, 11) is 0. The molecule has 4 nitrogen and oxygen atoms in total. The lowest BCUT2D eigenvalue weighted by Crippen LogP contribution is -2.31. The molecule has 2 aromatic rings. The van der Waals surface area contributed by atoms with E-state index < -0.39 is 0 Å². The van der Waals surface area contributed by atoms with Crippen LogP contribution in [0.2, 0.25) is 0 Å². The standard InChI is InChI=1S/C18H19N3OS/c1-2-12-19-18(23)21-20-13-16-10-6-7-11-17(16)22-14-15-8-4-3-5-9-15/h2-11,13H,1,12,14H2,(H2,19,21,23)/b20-13+. The van der Waals surface area contributed by atoms with Gasteiger partial charge in [-0.25, -0.2) is 0 Å². The third-order valence-electron chi connectivity index (χ3n) is 2.93. The van der Waals surface area contributed by atoms with Crippen LogP contribution >= 0.6 is 12.2 Å². The van der Waals surface area contributed by atoms with Crippen LogP contribution in [0.4, 0.5) is 0 Å². The molecule has 0 saturated carbocycles. The van der Waals surface area contributed by atoms with Gasteiger partial charge in [-0.05, 0) is 29.9 Å². The normalized spacial score (nSPS) is 10.3. The first-order valence-corrected chi connectivity index (χ1v) is 7.64. The molecule has 0 saturated heterocycles. The zero-order valence-electron chi connectivity index (χ0n) is 12.7. The quantitative estimate of drug-likeness (QED) is 0.355. The van der Waals surface area contributed by atoms with Crippen LogP contribution in [0.5, 0.6) is 5.75 Å². The van der Waals surface area contributed by atoms with E-state index in [2.05, 4.69) is 22.4 Å². The highest BCUT2D eigenvalue weighted by molar-refractivity contribution is 7.80. The number of rotatable bonds is 7. The van der Waals surface area contributed by atoms with E-state index in [-0.39, 0.29) is 0 Å². The minimum Gasteiger partial charge on any atom is -0.488 e. The number of hydrazone groups is 1. The molecule has 0 radical (unpaired) electrons. The molecular formula is C18H19N3OS. The van der Waals surface area contributed by atoms with Gasteiger partial charge in [0.2, 0.25) is 0 Å². The molecule has 5 heteroatoms. The molecule has 23 heavy (non-hydrogen) atoms. The third kappa shape index (κ3) is 5.92. The monoisotopic (exact) mass is 325 g/mol. The fourth-order valence-corrected chi connectivity index (χ4v) is 1.95. The smallest absolute Gasteiger partial charge is 0.187 e. The van der Waals surface area contributed by atoms with E-state index >= 15 is 0 Å². The van der Waals surface area contributed by atoms with Crippen LogP contribution in [0.1, 0.15) is 11.1 Å². The second-order valence-corrected chi connectivity index (χ2v) is 5.09. The Morgan fingerprint density at radius 2 is 1.87 bits per heavy atom. The zero-order valence-corrected chi connectivity index (χ0v) is 13.6. The summed E-state index contributed by atoms with van der Waals surface area (Å²) in [6.07, 6.45) is 3.41. The minimum absolute atomic E-state index is 0.448. The lowest BCUT2D eigenvalue weighted by molar-refractivity contribution is 0.306. The summed E-state index contributed by atoms with van der Waals surface area (Å²) < 4.78 is 5.86. The Balaban J connectivity index is 1.94. The topological polar surface area (TPSA) is 45.7 Å². The van der Waals surface area contributed by atoms with Crippen molar-refractivity contribution in [2.24, 2.45) is 5.10 Å². The summed E-state index contributed by atoms with van der Waals surface area (Å²) in [6.45, 7) is 4.72. The molecule has 0 aliphatic carbocycles. The van der Waals surface area contributed by atoms with Crippen molar-refractivity contribution in [3.8, 4) is 5.75 Å². The summed E-state index contributed by atoms with van der Waals surface area (Å²) in [5.41, 5.74) is 4.75. The van der Waals surface area contributed by atoms with Gasteiger partial charge in [-0.2, -0.15) is 5.10 Å². The molecule has 0 unspecified atom stereocenters. The zero-order chi connectivity index (χ0) is 16.3. The van der Waals surface area contributed by atoms with E-state index in [1.165, 1.54) is 0 Å². The van der Waals surface area contributed by atoms with Crippen molar-refractivity contribution in [3.63, 3.8) is 0 Å². The summed E-state index contributed by atoms with van der Waals surface area (Å²) >= 11 is 5.07. The number of nitrogens with one attached hydrogen (secondary N) is 2. The van der Waals surface area contributed by atoms with E-state index in [0.29, 0.717) is 18.3 Å². The first kappa shape index (κ1) is 16.7. The summed E-state index contributed by atoms with van der Waals surface area (Å²) in [5.74, 6) is 0.770. The summed E-state index contributed by atoms with van der Waals surface area (Å²) in [4.78, 5) is 0. The van der Waals surface area contributed by atoms with Crippen LogP contribution in [-0.2, 0) is 6.61 Å². The molecule has 0 atom stereocenters. The lowest BCUT2D eigenvalue weighted by Gasteiger charge is -2.09. The molecule has 0 fully saturated rings. The molecule has 0 amide bonds. The van der Waals surface area contributed by atoms with Gasteiger partial charge in [-0.1, -0.05) is 48.5 Å². The van der Waals surface area contributed by atoms with Crippen LogP contribution in [0.25, 0.3) is 0 Å². The van der Waals surface area contributed by atoms with Gasteiger partial charge in [0.25, 0.3) is 0 Å². The van der Waals surface area contributed by atoms with Gasteiger partial charge < -0.3 is 10.1 Å². The van der Waals surface area contributed by atoms with Gasteiger partial charge in [-0.3, -0.25) is 5.43 Å². The Morgan fingerprint density at radius 3 is 2.65 bits per heavy atom. The van der Waals surface area contributed by atoms with E-state index in [9.17, 15) is 0 Å². The van der Waals surface area contributed by atoms with Gasteiger partial charge in [0.1, 0.15) is 12.4 Å². The average molecular weight is 325 g/mol. The fourth-order valence-electron chi connectivity index (χ4n) is 1.82. The molecule has 0 bridgehead atoms. The Morgan fingerprint density at radius 1 is 1.13 bits per heavy atom. The molecule has 2 rings (SSSR count). The molecule has 0 spiro atoms. The predicted octanol–water partition coefficient (Wildman–Crippen LogP) is 3.25. The Bertz CT molecular complexity index is 671. The number of ether oxygens (including phenoxy) is 1. The molecule has 2 N–H and O–H groups in total. The van der Waals surface area contributed by atoms with Gasteiger partial charge in [0.05, 0.1) is 6.21 Å². The lowest BCUT2D eigenvalue weighted by atomic mass is 10.2. The second kappa shape index (κ2) is 9.38. The summed E-state index contributed by atoms with van der Waals surface area (Å²) in [6, 6.07) is 17.8. The molecule has 2 aromatic carbocycles. The van der Waals surface area contributed by atoms with Gasteiger partial charge >= 0.3 is 0 Å². The number of para-hydroxylation sites is 1. The van der Waals surface area contributed by atoms with Gasteiger partial charge in [-0.15, -0.1) is 6.58 Å². The Hall–Kier alpha value is -2.66. The van der Waals surface area contributed by atoms with Crippen molar-refractivity contribution in [1.82, 2.24) is 10.7 Å². The highest BCUT2D eigenvalue weighted by Gasteiger charge is 2.01. The van der Waals surface area contributed by atoms with Gasteiger partial charge in [0.15, 0.2) is 5.11 Å². The van der Waals surface area contributed by atoms with Crippen LogP contribution in [-0.4, -0.2) is 17.9 Å². The number of nitrogens with zero attached hydrogens (tertiary/aromatic N) is 1. The van der Waals surface area contributed by atoms with Crippen molar-refractivity contribution in [3.05, 3.63) is 78.4 Å². The molecule has 118 valence electrons. The minimum atomic E-state index is 0.448. The van der Waals surface area contributed by atoms with Crippen LogP contribution in [0.15, 0.2) is 72.4 Å². The first-order chi connectivity index (χ1) is 11.3. The highest BCUT2D eigenvalue weighted by Crippen LogP contribution is 2.17. The van der Waals surface area contributed by atoms with E-state index in [4.69, 9.17) is 17.0 Å². The SMILES string of the molecule is C=CCNC(=S)N/N=C/c1ccccc1OCc1ccccc1. The molecule has 0 aliphatic heterocycles. The maximum absolute atomic E-state index is 5.86. The van der Waals surface area contributed by atoms with E-state index in [1.807, 2.05) is 54.6 Å². The molecule has 0 aromatic heterocycles. The fraction of sp³-hybridized carbons (Fsp3) is 0.111. The number of thiocarbonyl (C=S) groups is 1. The van der Waals surface area contributed by atoms with Crippen molar-refractivity contribution in [2.75, 3.05) is 6.54 Å². The van der Waals surface area contributed by atoms with Crippen molar-refractivity contribution in [2.45, 2.75) is 6.61 Å². The number of benzene rings is 2. The maximum Gasteiger partial charge on any atom is 0.187 e. The van der Waals surface area contributed by atoms with Crippen LogP contribution in [0.3, 0.4) is 0 Å². The van der Waals surface area contributed by atoms with Crippen LogP contribution in [0, 0.1) is 0 Å². The van der Waals surface area contributed by atoms with E-state index in [1.54, 1.807) is 12.3 Å². The first-order valence-electron chi connectivity index (χ1n) is 7.23. The van der Waals surface area contributed by atoms with E-state index in [0.717, 1.165) is 16.9 Å². The highest BCUT2D eigenvalue weighted by atomic mass is 32.1. The number of hydrogen-bond acceptors (Lipinski definition) is 3. The van der Waals surface area contributed by atoms with Crippen molar-refractivity contribution < 1.29 is 4.74 Å². The molecule has 0 heterocycles. The molecule has 0 aliphatic rings. The van der Waals surface area contributed by atoms with Gasteiger partial charge in [0, 0.05) is 12.1 Å². The maximum atomic E-state index is 5.86. The van der Waals surface area contributed by atoms with Crippen molar-refractivity contribution in [1.29, 1.82) is 0 Å². The average Bonchev–Trinajstić information content (AvgIpc) is 2.60. The number of hydrogen-bond donors (Lipinski definition) is 2. The Kier molecular flexibility index (Phi) is 6.81. The second-order valence-electron chi connectivity index (χ2n) is 4.68.